The number of hydroxylamine groups is 2. The molecule has 1 aliphatic rings. The number of likely N-dealkylation sites (N-methyl/N-ethyl adjacent to an activating group) is 1. The second-order valence-corrected chi connectivity index (χ2v) is 3.54. The van der Waals surface area contributed by atoms with Crippen molar-refractivity contribution >= 4 is 11.1 Å². The van der Waals surface area contributed by atoms with Gasteiger partial charge in [0, 0.05) is 18.0 Å². The van der Waals surface area contributed by atoms with Crippen molar-refractivity contribution in [2.24, 2.45) is 5.11 Å². The lowest BCUT2D eigenvalue weighted by Gasteiger charge is -2.23. The standard InChI is InChI=1S/C5H8N4O3S/c1-4-3-5(7-8-6,13(10)11)9(2)12-4/h3H,1-2H3,(H,10,11). The van der Waals surface area contributed by atoms with E-state index in [0.29, 0.717) is 5.76 Å². The molecule has 1 heterocycles. The number of rotatable bonds is 2. The predicted octanol–water partition coefficient (Wildman–Crippen LogP) is 0.953. The minimum Gasteiger partial charge on any atom is -0.409 e. The largest absolute Gasteiger partial charge is 0.409 e. The first kappa shape index (κ1) is 10.0. The molecule has 0 saturated carbocycles. The van der Waals surface area contributed by atoms with E-state index in [-0.39, 0.29) is 0 Å². The van der Waals surface area contributed by atoms with E-state index < -0.39 is 16.1 Å². The fourth-order valence-corrected chi connectivity index (χ4v) is 1.65. The molecule has 0 fully saturated rings. The Bertz CT molecular complexity index is 320. The molecule has 0 aromatic rings. The molecule has 0 aromatic heterocycles. The summed E-state index contributed by atoms with van der Waals surface area (Å²) in [6, 6.07) is 0. The van der Waals surface area contributed by atoms with Crippen LogP contribution in [0.3, 0.4) is 0 Å². The lowest BCUT2D eigenvalue weighted by Crippen LogP contribution is -2.42. The Morgan fingerprint density at radius 3 is 2.85 bits per heavy atom. The summed E-state index contributed by atoms with van der Waals surface area (Å²) in [4.78, 5) is 5.83. The quantitative estimate of drug-likeness (QED) is 0.313. The zero-order valence-corrected chi connectivity index (χ0v) is 7.85. The van der Waals surface area contributed by atoms with Gasteiger partial charge < -0.3 is 9.39 Å². The van der Waals surface area contributed by atoms with Crippen molar-refractivity contribution in [3.8, 4) is 0 Å². The van der Waals surface area contributed by atoms with Crippen LogP contribution in [0, 0.1) is 0 Å². The monoisotopic (exact) mass is 204 g/mol. The fourth-order valence-electron chi connectivity index (χ4n) is 1.01. The van der Waals surface area contributed by atoms with Crippen LogP contribution in [-0.4, -0.2) is 25.9 Å². The van der Waals surface area contributed by atoms with E-state index in [4.69, 9.17) is 14.9 Å². The minimum atomic E-state index is -2.35. The van der Waals surface area contributed by atoms with Crippen LogP contribution >= 0.6 is 0 Å². The van der Waals surface area contributed by atoms with Crippen molar-refractivity contribution in [1.82, 2.24) is 5.06 Å². The highest BCUT2D eigenvalue weighted by Gasteiger charge is 2.44. The summed E-state index contributed by atoms with van der Waals surface area (Å²) in [6.45, 7) is 1.60. The lowest BCUT2D eigenvalue weighted by molar-refractivity contribution is -0.104. The SMILES string of the molecule is CC1=CC(N=[N+]=[N-])(S(=O)O)N(C)O1. The third-order valence-corrected chi connectivity index (χ3v) is 2.54. The van der Waals surface area contributed by atoms with Crippen molar-refractivity contribution in [3.05, 3.63) is 22.3 Å². The smallest absolute Gasteiger partial charge is 0.256 e. The molecule has 0 bridgehead atoms. The fraction of sp³-hybridized carbons (Fsp3) is 0.600. The van der Waals surface area contributed by atoms with Crippen LogP contribution in [0.5, 0.6) is 0 Å². The van der Waals surface area contributed by atoms with Crippen molar-refractivity contribution in [1.29, 1.82) is 0 Å². The van der Waals surface area contributed by atoms with Crippen LogP contribution in [0.1, 0.15) is 6.92 Å². The van der Waals surface area contributed by atoms with Crippen LogP contribution in [0.25, 0.3) is 10.4 Å². The Labute approximate surface area is 76.8 Å². The third kappa shape index (κ3) is 1.52. The zero-order valence-electron chi connectivity index (χ0n) is 7.04. The van der Waals surface area contributed by atoms with Gasteiger partial charge in [0.1, 0.15) is 5.76 Å². The van der Waals surface area contributed by atoms with Gasteiger partial charge in [-0.3, -0.25) is 0 Å². The molecule has 72 valence electrons. The van der Waals surface area contributed by atoms with Gasteiger partial charge in [-0.25, -0.2) is 4.21 Å². The van der Waals surface area contributed by atoms with Crippen LogP contribution in [0.15, 0.2) is 16.9 Å². The Balaban J connectivity index is 3.18. The van der Waals surface area contributed by atoms with Crippen LogP contribution in [0.4, 0.5) is 0 Å². The topological polar surface area (TPSA) is 98.5 Å². The van der Waals surface area contributed by atoms with E-state index in [9.17, 15) is 4.21 Å². The Kier molecular flexibility index (Phi) is 2.58. The van der Waals surface area contributed by atoms with Crippen LogP contribution in [0.2, 0.25) is 0 Å². The maximum Gasteiger partial charge on any atom is 0.256 e. The number of nitrogens with zero attached hydrogens (tertiary/aromatic N) is 4. The predicted molar refractivity (Wildman–Crippen MR) is 45.3 cm³/mol. The summed E-state index contributed by atoms with van der Waals surface area (Å²) < 4.78 is 19.9. The Morgan fingerprint density at radius 2 is 2.54 bits per heavy atom. The molecule has 0 spiro atoms. The zero-order chi connectivity index (χ0) is 10.1. The van der Waals surface area contributed by atoms with Gasteiger partial charge in [-0.2, -0.15) is 0 Å². The summed E-state index contributed by atoms with van der Waals surface area (Å²) in [6.07, 6.45) is 1.29. The highest BCUT2D eigenvalue weighted by molar-refractivity contribution is 7.80. The van der Waals surface area contributed by atoms with Gasteiger partial charge >= 0.3 is 0 Å². The average Bonchev–Trinajstić information content (AvgIpc) is 2.28. The first-order chi connectivity index (χ1) is 6.03. The summed E-state index contributed by atoms with van der Waals surface area (Å²) >= 11 is -2.35. The summed E-state index contributed by atoms with van der Waals surface area (Å²) in [5.41, 5.74) is 8.25. The molecule has 2 unspecified atom stereocenters. The van der Waals surface area contributed by atoms with E-state index in [2.05, 4.69) is 10.0 Å². The molecule has 0 amide bonds. The normalized spacial score (nSPS) is 30.2. The highest BCUT2D eigenvalue weighted by atomic mass is 32.2. The number of allylic oxidation sites excluding steroid dienone is 1. The third-order valence-electron chi connectivity index (χ3n) is 1.57. The van der Waals surface area contributed by atoms with E-state index in [0.717, 1.165) is 5.06 Å². The average molecular weight is 204 g/mol. The molecular weight excluding hydrogens is 196 g/mol. The van der Waals surface area contributed by atoms with Crippen molar-refractivity contribution in [2.45, 2.75) is 11.9 Å². The molecule has 1 aliphatic heterocycles. The van der Waals surface area contributed by atoms with Gasteiger partial charge in [0.2, 0.25) is 0 Å². The molecule has 1 N–H and O–H groups in total. The van der Waals surface area contributed by atoms with Crippen molar-refractivity contribution in [2.75, 3.05) is 7.05 Å². The van der Waals surface area contributed by atoms with Gasteiger partial charge in [0.05, 0.1) is 0 Å². The molecule has 13 heavy (non-hydrogen) atoms. The Hall–Kier alpha value is -1.08. The second kappa shape index (κ2) is 3.35. The summed E-state index contributed by atoms with van der Waals surface area (Å²) in [7, 11) is 1.41. The first-order valence-electron chi connectivity index (χ1n) is 3.31. The van der Waals surface area contributed by atoms with E-state index in [1.807, 2.05) is 0 Å². The molecule has 2 atom stereocenters. The van der Waals surface area contributed by atoms with E-state index >= 15 is 0 Å². The van der Waals surface area contributed by atoms with Gasteiger partial charge in [-0.05, 0) is 17.6 Å². The molecule has 0 radical (unpaired) electrons. The molecular formula is C5H8N4O3S. The highest BCUT2D eigenvalue weighted by Crippen LogP contribution is 2.30. The van der Waals surface area contributed by atoms with Crippen LogP contribution < -0.4 is 0 Å². The maximum absolute atomic E-state index is 10.9. The molecule has 8 heteroatoms. The number of hydrogen-bond donors (Lipinski definition) is 1. The number of hydrogen-bond acceptors (Lipinski definition) is 4. The van der Waals surface area contributed by atoms with Gasteiger partial charge in [0.25, 0.3) is 4.99 Å². The molecule has 1 rings (SSSR count). The lowest BCUT2D eigenvalue weighted by atomic mass is 10.4. The summed E-state index contributed by atoms with van der Waals surface area (Å²) in [5, 5.41) is 4.28. The second-order valence-electron chi connectivity index (χ2n) is 2.44. The maximum atomic E-state index is 10.9. The minimum absolute atomic E-state index is 0.414. The number of azide groups is 1. The van der Waals surface area contributed by atoms with Crippen LogP contribution in [-0.2, 0) is 15.9 Å². The van der Waals surface area contributed by atoms with Gasteiger partial charge in [0.15, 0.2) is 11.1 Å². The van der Waals surface area contributed by atoms with E-state index in [1.54, 1.807) is 6.92 Å². The van der Waals surface area contributed by atoms with Crippen molar-refractivity contribution < 1.29 is 13.6 Å². The Morgan fingerprint density at radius 1 is 1.92 bits per heavy atom. The molecule has 0 aromatic carbocycles. The summed E-state index contributed by atoms with van der Waals surface area (Å²) in [5.74, 6) is 0.414. The molecule has 0 aliphatic carbocycles. The first-order valence-corrected chi connectivity index (χ1v) is 4.42. The van der Waals surface area contributed by atoms with Crippen molar-refractivity contribution in [3.63, 3.8) is 0 Å². The van der Waals surface area contributed by atoms with Gasteiger partial charge in [-0.15, -0.1) is 5.06 Å². The van der Waals surface area contributed by atoms with E-state index in [1.165, 1.54) is 13.1 Å². The molecule has 7 nitrogen and oxygen atoms in total. The van der Waals surface area contributed by atoms with Gasteiger partial charge in [-0.1, -0.05) is 0 Å². The molecule has 0 saturated heterocycles.